The van der Waals surface area contributed by atoms with E-state index in [0.29, 0.717) is 13.0 Å². The summed E-state index contributed by atoms with van der Waals surface area (Å²) in [6.07, 6.45) is 4.30. The van der Waals surface area contributed by atoms with Gasteiger partial charge in [-0.15, -0.1) is 0 Å². The van der Waals surface area contributed by atoms with Gasteiger partial charge in [-0.1, -0.05) is 18.9 Å². The van der Waals surface area contributed by atoms with Crippen LogP contribution in [0.15, 0.2) is 18.2 Å². The first-order valence-electron chi connectivity index (χ1n) is 7.23. The molecule has 3 nitrogen and oxygen atoms in total. The summed E-state index contributed by atoms with van der Waals surface area (Å²) in [4.78, 5) is 11.8. The number of aryl methyl sites for hydroxylation is 1. The van der Waals surface area contributed by atoms with E-state index in [2.05, 4.69) is 5.32 Å². The minimum absolute atomic E-state index is 0.103. The molecule has 0 aliphatic heterocycles. The third-order valence-corrected chi connectivity index (χ3v) is 4.05. The number of carbonyl (C=O) groups excluding carboxylic acids is 1. The largest absolute Gasteiger partial charge is 0.389 e. The van der Waals surface area contributed by atoms with Gasteiger partial charge in [-0.2, -0.15) is 0 Å². The van der Waals surface area contributed by atoms with Gasteiger partial charge >= 0.3 is 0 Å². The van der Waals surface area contributed by atoms with Gasteiger partial charge in [0.15, 0.2) is 0 Å². The third kappa shape index (κ3) is 4.04. The third-order valence-electron chi connectivity index (χ3n) is 4.05. The molecule has 4 heteroatoms. The fourth-order valence-corrected chi connectivity index (χ4v) is 2.85. The molecule has 110 valence electrons. The highest BCUT2D eigenvalue weighted by Crippen LogP contribution is 2.32. The number of halogens is 1. The van der Waals surface area contributed by atoms with Crippen LogP contribution in [0, 0.1) is 12.7 Å². The van der Waals surface area contributed by atoms with Gasteiger partial charge in [-0.05, 0) is 49.4 Å². The molecule has 0 heterocycles. The number of aliphatic hydroxyl groups is 1. The fourth-order valence-electron chi connectivity index (χ4n) is 2.85. The van der Waals surface area contributed by atoms with Crippen LogP contribution < -0.4 is 5.32 Å². The Labute approximate surface area is 119 Å². The topological polar surface area (TPSA) is 49.3 Å². The molecule has 0 aromatic heterocycles. The van der Waals surface area contributed by atoms with Crippen molar-refractivity contribution in [1.82, 2.24) is 5.32 Å². The van der Waals surface area contributed by atoms with Crippen molar-refractivity contribution in [3.63, 3.8) is 0 Å². The Kier molecular flexibility index (Phi) is 4.76. The number of hydrogen-bond donors (Lipinski definition) is 2. The molecular weight excluding hydrogens is 257 g/mol. The van der Waals surface area contributed by atoms with Crippen molar-refractivity contribution in [2.45, 2.75) is 51.0 Å². The van der Waals surface area contributed by atoms with E-state index < -0.39 is 5.60 Å². The first kappa shape index (κ1) is 15.0. The Balaban J connectivity index is 1.76. The normalized spacial score (nSPS) is 17.1. The van der Waals surface area contributed by atoms with Crippen LogP contribution in [0.25, 0.3) is 0 Å². The van der Waals surface area contributed by atoms with Crippen molar-refractivity contribution in [3.05, 3.63) is 35.1 Å². The lowest BCUT2D eigenvalue weighted by atomic mass is 9.97. The van der Waals surface area contributed by atoms with E-state index in [1.807, 2.05) is 6.92 Å². The SMILES string of the molecule is Cc1cc(F)ccc1CCNC(=O)CC1(O)CCCC1. The zero-order valence-electron chi connectivity index (χ0n) is 11.9. The van der Waals surface area contributed by atoms with Crippen LogP contribution >= 0.6 is 0 Å². The van der Waals surface area contributed by atoms with Crippen molar-refractivity contribution >= 4 is 5.91 Å². The Morgan fingerprint density at radius 2 is 2.10 bits per heavy atom. The predicted octanol–water partition coefficient (Wildman–Crippen LogP) is 2.49. The second-order valence-electron chi connectivity index (χ2n) is 5.78. The molecule has 1 aromatic rings. The molecule has 1 saturated carbocycles. The number of carbonyl (C=O) groups is 1. The van der Waals surface area contributed by atoms with Crippen LogP contribution in [0.4, 0.5) is 4.39 Å². The fraction of sp³-hybridized carbons (Fsp3) is 0.562. The Bertz CT molecular complexity index is 481. The molecule has 0 spiro atoms. The molecule has 20 heavy (non-hydrogen) atoms. The van der Waals surface area contributed by atoms with E-state index in [1.165, 1.54) is 12.1 Å². The van der Waals surface area contributed by atoms with Gasteiger partial charge in [-0.25, -0.2) is 4.39 Å². The number of amides is 1. The second kappa shape index (κ2) is 6.35. The lowest BCUT2D eigenvalue weighted by molar-refractivity contribution is -0.125. The monoisotopic (exact) mass is 279 g/mol. The average Bonchev–Trinajstić information content (AvgIpc) is 2.78. The minimum atomic E-state index is -0.796. The summed E-state index contributed by atoms with van der Waals surface area (Å²) < 4.78 is 13.0. The van der Waals surface area contributed by atoms with Crippen LogP contribution in [0.5, 0.6) is 0 Å². The molecule has 0 saturated heterocycles. The van der Waals surface area contributed by atoms with E-state index in [-0.39, 0.29) is 18.1 Å². The molecule has 2 rings (SSSR count). The summed E-state index contributed by atoms with van der Waals surface area (Å²) in [6, 6.07) is 4.69. The molecule has 1 amide bonds. The smallest absolute Gasteiger partial charge is 0.222 e. The van der Waals surface area contributed by atoms with Crippen LogP contribution in [-0.2, 0) is 11.2 Å². The molecule has 0 unspecified atom stereocenters. The zero-order valence-corrected chi connectivity index (χ0v) is 11.9. The van der Waals surface area contributed by atoms with E-state index in [0.717, 1.165) is 36.8 Å². The highest BCUT2D eigenvalue weighted by molar-refractivity contribution is 5.77. The van der Waals surface area contributed by atoms with Gasteiger partial charge in [0.1, 0.15) is 5.82 Å². The van der Waals surface area contributed by atoms with Crippen molar-refractivity contribution in [2.24, 2.45) is 0 Å². The number of benzene rings is 1. The van der Waals surface area contributed by atoms with Gasteiger partial charge in [0, 0.05) is 6.54 Å². The van der Waals surface area contributed by atoms with Gasteiger partial charge in [-0.3, -0.25) is 4.79 Å². The molecule has 0 radical (unpaired) electrons. The number of rotatable bonds is 5. The standard InChI is InChI=1S/C16H22FNO2/c1-12-10-14(17)5-4-13(12)6-9-18-15(19)11-16(20)7-2-3-8-16/h4-5,10,20H,2-3,6-9,11H2,1H3,(H,18,19). The molecule has 1 fully saturated rings. The van der Waals surface area contributed by atoms with Crippen LogP contribution in [0.1, 0.15) is 43.2 Å². The summed E-state index contributed by atoms with van der Waals surface area (Å²) in [5.41, 5.74) is 1.13. The van der Waals surface area contributed by atoms with Crippen LogP contribution in [0.3, 0.4) is 0 Å². The summed E-state index contributed by atoms with van der Waals surface area (Å²) in [7, 11) is 0. The van der Waals surface area contributed by atoms with E-state index in [4.69, 9.17) is 0 Å². The van der Waals surface area contributed by atoms with E-state index in [1.54, 1.807) is 6.07 Å². The van der Waals surface area contributed by atoms with Gasteiger partial charge < -0.3 is 10.4 Å². The minimum Gasteiger partial charge on any atom is -0.389 e. The van der Waals surface area contributed by atoms with Gasteiger partial charge in [0.25, 0.3) is 0 Å². The molecule has 1 aromatic carbocycles. The maximum absolute atomic E-state index is 13.0. The van der Waals surface area contributed by atoms with Crippen molar-refractivity contribution in [1.29, 1.82) is 0 Å². The van der Waals surface area contributed by atoms with Gasteiger partial charge in [0.05, 0.1) is 12.0 Å². The Morgan fingerprint density at radius 1 is 1.40 bits per heavy atom. The molecule has 0 atom stereocenters. The lowest BCUT2D eigenvalue weighted by Gasteiger charge is -2.21. The molecule has 1 aliphatic carbocycles. The number of nitrogens with one attached hydrogen (secondary N) is 1. The van der Waals surface area contributed by atoms with Crippen molar-refractivity contribution in [3.8, 4) is 0 Å². The lowest BCUT2D eigenvalue weighted by Crippen LogP contribution is -2.35. The van der Waals surface area contributed by atoms with E-state index >= 15 is 0 Å². The van der Waals surface area contributed by atoms with Crippen molar-refractivity contribution in [2.75, 3.05) is 6.54 Å². The second-order valence-corrected chi connectivity index (χ2v) is 5.78. The van der Waals surface area contributed by atoms with Gasteiger partial charge in [0.2, 0.25) is 5.91 Å². The first-order valence-corrected chi connectivity index (χ1v) is 7.23. The molecule has 2 N–H and O–H groups in total. The Hall–Kier alpha value is -1.42. The zero-order chi connectivity index (χ0) is 14.6. The summed E-state index contributed by atoms with van der Waals surface area (Å²) in [5.74, 6) is -0.340. The molecule has 0 bridgehead atoms. The van der Waals surface area contributed by atoms with Crippen LogP contribution in [-0.4, -0.2) is 23.2 Å². The quantitative estimate of drug-likeness (QED) is 0.870. The van der Waals surface area contributed by atoms with Crippen molar-refractivity contribution < 1.29 is 14.3 Å². The molecule has 1 aliphatic rings. The summed E-state index contributed by atoms with van der Waals surface area (Å²) in [5, 5.41) is 13.0. The average molecular weight is 279 g/mol. The summed E-state index contributed by atoms with van der Waals surface area (Å²) in [6.45, 7) is 2.38. The number of hydrogen-bond acceptors (Lipinski definition) is 2. The Morgan fingerprint density at radius 3 is 2.75 bits per heavy atom. The maximum atomic E-state index is 13.0. The highest BCUT2D eigenvalue weighted by Gasteiger charge is 2.33. The molecular formula is C16H22FNO2. The summed E-state index contributed by atoms with van der Waals surface area (Å²) >= 11 is 0. The van der Waals surface area contributed by atoms with Crippen LogP contribution in [0.2, 0.25) is 0 Å². The first-order chi connectivity index (χ1) is 9.48. The predicted molar refractivity (Wildman–Crippen MR) is 75.9 cm³/mol. The maximum Gasteiger partial charge on any atom is 0.222 e. The highest BCUT2D eigenvalue weighted by atomic mass is 19.1. The van der Waals surface area contributed by atoms with E-state index in [9.17, 15) is 14.3 Å².